The molecule has 3 aromatic heterocycles. The zero-order chi connectivity index (χ0) is 14.9. The van der Waals surface area contributed by atoms with Crippen molar-refractivity contribution in [2.45, 2.75) is 6.54 Å². The Labute approximate surface area is 131 Å². The second-order valence-corrected chi connectivity index (χ2v) is 5.94. The number of hydrogen-bond acceptors (Lipinski definition) is 4. The average molecular weight is 310 g/mol. The number of fused-ring (bicyclic) bond motifs is 1. The number of thiophene rings is 1. The number of H-pyrrole nitrogens is 1. The number of hydrogen-bond donors (Lipinski definition) is 1. The number of rotatable bonds is 4. The van der Waals surface area contributed by atoms with Gasteiger partial charge < -0.3 is 9.72 Å². The van der Waals surface area contributed by atoms with E-state index in [4.69, 9.17) is 9.72 Å². The van der Waals surface area contributed by atoms with Crippen molar-refractivity contribution in [3.63, 3.8) is 0 Å². The van der Waals surface area contributed by atoms with Crippen LogP contribution in [0, 0.1) is 0 Å². The van der Waals surface area contributed by atoms with Crippen molar-refractivity contribution in [3.8, 4) is 17.1 Å². The summed E-state index contributed by atoms with van der Waals surface area (Å²) in [6, 6.07) is 12.0. The Balaban J connectivity index is 1.77. The first kappa shape index (κ1) is 13.1. The molecule has 4 rings (SSSR count). The number of ether oxygens (including phenoxy) is 1. The van der Waals surface area contributed by atoms with Gasteiger partial charge in [-0.25, -0.2) is 9.67 Å². The number of methoxy groups -OCH3 is 1. The zero-order valence-electron chi connectivity index (χ0n) is 12.0. The molecular formula is C16H14N4OS. The van der Waals surface area contributed by atoms with Gasteiger partial charge in [-0.2, -0.15) is 5.10 Å². The standard InChI is InChI=1S/C16H14N4OS/c1-21-14-7-3-2-6-12(14)15-18-13-9-17-20(16(13)19-15)10-11-5-4-8-22-11/h2-9H,10H2,1H3,(H,18,19). The Kier molecular flexibility index (Phi) is 3.16. The van der Waals surface area contributed by atoms with E-state index in [2.05, 4.69) is 21.5 Å². The van der Waals surface area contributed by atoms with Gasteiger partial charge in [0.25, 0.3) is 0 Å². The number of nitrogens with one attached hydrogen (secondary N) is 1. The number of para-hydroxylation sites is 1. The molecular weight excluding hydrogens is 296 g/mol. The van der Waals surface area contributed by atoms with Crippen molar-refractivity contribution in [3.05, 3.63) is 52.9 Å². The topological polar surface area (TPSA) is 55.7 Å². The highest BCUT2D eigenvalue weighted by atomic mass is 32.1. The molecule has 0 aliphatic carbocycles. The lowest BCUT2D eigenvalue weighted by Gasteiger charge is -2.04. The molecule has 0 amide bonds. The van der Waals surface area contributed by atoms with Crippen molar-refractivity contribution in [2.75, 3.05) is 7.11 Å². The first-order valence-corrected chi connectivity index (χ1v) is 7.80. The molecule has 0 atom stereocenters. The minimum atomic E-state index is 0.734. The summed E-state index contributed by atoms with van der Waals surface area (Å²) in [6.07, 6.45) is 1.81. The van der Waals surface area contributed by atoms with E-state index in [1.54, 1.807) is 18.4 Å². The van der Waals surface area contributed by atoms with Crippen LogP contribution in [0.25, 0.3) is 22.6 Å². The molecule has 0 bridgehead atoms. The first-order valence-electron chi connectivity index (χ1n) is 6.92. The largest absolute Gasteiger partial charge is 0.496 e. The highest BCUT2D eigenvalue weighted by Gasteiger charge is 2.13. The maximum absolute atomic E-state index is 5.41. The Hall–Kier alpha value is -2.60. The van der Waals surface area contributed by atoms with Gasteiger partial charge in [0.2, 0.25) is 0 Å². The van der Waals surface area contributed by atoms with Crippen LogP contribution in [0.15, 0.2) is 48.0 Å². The highest BCUT2D eigenvalue weighted by molar-refractivity contribution is 7.09. The third-order valence-electron chi connectivity index (χ3n) is 3.53. The normalized spacial score (nSPS) is 11.1. The van der Waals surface area contributed by atoms with Gasteiger partial charge in [0.05, 0.1) is 25.4 Å². The summed E-state index contributed by atoms with van der Waals surface area (Å²) < 4.78 is 7.32. The Morgan fingerprint density at radius 3 is 2.95 bits per heavy atom. The van der Waals surface area contributed by atoms with Crippen molar-refractivity contribution in [1.82, 2.24) is 19.7 Å². The molecule has 0 aliphatic rings. The summed E-state index contributed by atoms with van der Waals surface area (Å²) in [6.45, 7) is 0.734. The Morgan fingerprint density at radius 1 is 1.23 bits per heavy atom. The van der Waals surface area contributed by atoms with Gasteiger partial charge >= 0.3 is 0 Å². The van der Waals surface area contributed by atoms with Gasteiger partial charge in [-0.1, -0.05) is 18.2 Å². The smallest absolute Gasteiger partial charge is 0.177 e. The van der Waals surface area contributed by atoms with Crippen LogP contribution in [0.4, 0.5) is 0 Å². The van der Waals surface area contributed by atoms with Crippen LogP contribution in [0.2, 0.25) is 0 Å². The molecule has 1 aromatic carbocycles. The van der Waals surface area contributed by atoms with E-state index in [-0.39, 0.29) is 0 Å². The summed E-state index contributed by atoms with van der Waals surface area (Å²) in [5, 5.41) is 6.48. The number of imidazole rings is 1. The van der Waals surface area contributed by atoms with Crippen molar-refractivity contribution in [2.24, 2.45) is 0 Å². The molecule has 3 heterocycles. The van der Waals surface area contributed by atoms with E-state index >= 15 is 0 Å². The molecule has 6 heteroatoms. The molecule has 0 radical (unpaired) electrons. The summed E-state index contributed by atoms with van der Waals surface area (Å²) >= 11 is 1.72. The monoisotopic (exact) mass is 310 g/mol. The fourth-order valence-electron chi connectivity index (χ4n) is 2.48. The number of nitrogens with zero attached hydrogens (tertiary/aromatic N) is 3. The Bertz CT molecular complexity index is 907. The third kappa shape index (κ3) is 2.17. The lowest BCUT2D eigenvalue weighted by atomic mass is 10.2. The van der Waals surface area contributed by atoms with Gasteiger partial charge in [-0.15, -0.1) is 11.3 Å². The van der Waals surface area contributed by atoms with Gasteiger partial charge in [0, 0.05) is 4.88 Å². The van der Waals surface area contributed by atoms with E-state index in [9.17, 15) is 0 Å². The molecule has 4 aromatic rings. The SMILES string of the molecule is COc1ccccc1-c1nc2c(cnn2Cc2cccs2)[nH]1. The number of benzene rings is 1. The zero-order valence-corrected chi connectivity index (χ0v) is 12.8. The quantitative estimate of drug-likeness (QED) is 0.627. The summed E-state index contributed by atoms with van der Waals surface area (Å²) in [5.74, 6) is 1.60. The molecule has 5 nitrogen and oxygen atoms in total. The van der Waals surface area contributed by atoms with Crippen LogP contribution in [-0.4, -0.2) is 26.9 Å². The summed E-state index contributed by atoms with van der Waals surface area (Å²) in [4.78, 5) is 9.27. The minimum Gasteiger partial charge on any atom is -0.496 e. The molecule has 0 spiro atoms. The van der Waals surface area contributed by atoms with Crippen LogP contribution < -0.4 is 4.74 Å². The lowest BCUT2D eigenvalue weighted by Crippen LogP contribution is -2.00. The van der Waals surface area contributed by atoms with E-state index in [0.29, 0.717) is 0 Å². The van der Waals surface area contributed by atoms with E-state index < -0.39 is 0 Å². The summed E-state index contributed by atoms with van der Waals surface area (Å²) in [7, 11) is 1.67. The van der Waals surface area contributed by atoms with Crippen molar-refractivity contribution < 1.29 is 4.74 Å². The maximum Gasteiger partial charge on any atom is 0.177 e. The lowest BCUT2D eigenvalue weighted by molar-refractivity contribution is 0.416. The minimum absolute atomic E-state index is 0.734. The number of aromatic nitrogens is 4. The fraction of sp³-hybridized carbons (Fsp3) is 0.125. The van der Waals surface area contributed by atoms with Crippen molar-refractivity contribution >= 4 is 22.5 Å². The molecule has 0 saturated heterocycles. The Morgan fingerprint density at radius 2 is 2.14 bits per heavy atom. The predicted molar refractivity (Wildman–Crippen MR) is 87.3 cm³/mol. The van der Waals surface area contributed by atoms with Gasteiger partial charge in [-0.3, -0.25) is 0 Å². The molecule has 22 heavy (non-hydrogen) atoms. The van der Waals surface area contributed by atoms with Crippen LogP contribution in [0.1, 0.15) is 4.88 Å². The molecule has 0 aliphatic heterocycles. The second-order valence-electron chi connectivity index (χ2n) is 4.90. The van der Waals surface area contributed by atoms with E-state index in [1.807, 2.05) is 41.2 Å². The molecule has 0 fully saturated rings. The van der Waals surface area contributed by atoms with E-state index in [0.717, 1.165) is 34.8 Å². The van der Waals surface area contributed by atoms with Crippen LogP contribution in [0.5, 0.6) is 5.75 Å². The predicted octanol–water partition coefficient (Wildman–Crippen LogP) is 3.54. The van der Waals surface area contributed by atoms with Gasteiger partial charge in [0.1, 0.15) is 17.1 Å². The van der Waals surface area contributed by atoms with E-state index in [1.165, 1.54) is 4.88 Å². The molecule has 0 unspecified atom stereocenters. The third-order valence-corrected chi connectivity index (χ3v) is 4.39. The highest BCUT2D eigenvalue weighted by Crippen LogP contribution is 2.29. The number of aromatic amines is 1. The second kappa shape index (κ2) is 5.31. The maximum atomic E-state index is 5.41. The average Bonchev–Trinajstić information content (AvgIpc) is 3.26. The van der Waals surface area contributed by atoms with Gasteiger partial charge in [0.15, 0.2) is 5.65 Å². The van der Waals surface area contributed by atoms with Crippen LogP contribution in [-0.2, 0) is 6.54 Å². The molecule has 0 saturated carbocycles. The van der Waals surface area contributed by atoms with Crippen LogP contribution in [0.3, 0.4) is 0 Å². The molecule has 1 N–H and O–H groups in total. The first-order chi connectivity index (χ1) is 10.8. The van der Waals surface area contributed by atoms with Crippen molar-refractivity contribution in [1.29, 1.82) is 0 Å². The fourth-order valence-corrected chi connectivity index (χ4v) is 3.17. The van der Waals surface area contributed by atoms with Crippen LogP contribution >= 0.6 is 11.3 Å². The van der Waals surface area contributed by atoms with Gasteiger partial charge in [-0.05, 0) is 23.6 Å². The molecule has 110 valence electrons. The summed E-state index contributed by atoms with van der Waals surface area (Å²) in [5.41, 5.74) is 2.73.